The van der Waals surface area contributed by atoms with E-state index in [1.54, 1.807) is 6.92 Å². The average Bonchev–Trinajstić information content (AvgIpc) is 3.03. The van der Waals surface area contributed by atoms with E-state index in [2.05, 4.69) is 0 Å². The smallest absolute Gasteiger partial charge is 0.335 e. The SMILES string of the molecule is Cc1c(C(=O)O)ccc([N+](=O)[O-])c1CC1CO1. The van der Waals surface area contributed by atoms with Gasteiger partial charge in [0.05, 0.1) is 23.2 Å². The number of aromatic carboxylic acids is 1. The summed E-state index contributed by atoms with van der Waals surface area (Å²) in [5.74, 6) is -1.07. The van der Waals surface area contributed by atoms with Gasteiger partial charge in [-0.25, -0.2) is 4.79 Å². The fourth-order valence-corrected chi connectivity index (χ4v) is 1.82. The zero-order chi connectivity index (χ0) is 12.6. The molecule has 2 rings (SSSR count). The first kappa shape index (κ1) is 11.5. The third-order valence-corrected chi connectivity index (χ3v) is 2.83. The Morgan fingerprint density at radius 2 is 2.29 bits per heavy atom. The lowest BCUT2D eigenvalue weighted by Gasteiger charge is -2.08. The van der Waals surface area contributed by atoms with Crippen molar-refractivity contribution in [2.75, 3.05) is 6.61 Å². The topological polar surface area (TPSA) is 93.0 Å². The van der Waals surface area contributed by atoms with E-state index in [-0.39, 0.29) is 17.4 Å². The number of benzene rings is 1. The van der Waals surface area contributed by atoms with Crippen molar-refractivity contribution in [3.63, 3.8) is 0 Å². The maximum absolute atomic E-state index is 11.0. The summed E-state index contributed by atoms with van der Waals surface area (Å²) in [4.78, 5) is 21.3. The van der Waals surface area contributed by atoms with E-state index in [0.29, 0.717) is 24.2 Å². The number of nitrogens with zero attached hydrogens (tertiary/aromatic N) is 1. The molecular formula is C11H11NO5. The molecule has 6 heteroatoms. The lowest BCUT2D eigenvalue weighted by molar-refractivity contribution is -0.385. The highest BCUT2D eigenvalue weighted by atomic mass is 16.6. The van der Waals surface area contributed by atoms with Gasteiger partial charge in [-0.15, -0.1) is 0 Å². The number of epoxide rings is 1. The molecule has 1 heterocycles. The van der Waals surface area contributed by atoms with Gasteiger partial charge < -0.3 is 9.84 Å². The first-order chi connectivity index (χ1) is 8.00. The fourth-order valence-electron chi connectivity index (χ4n) is 1.82. The Labute approximate surface area is 97.0 Å². The van der Waals surface area contributed by atoms with Crippen LogP contribution < -0.4 is 0 Å². The molecule has 1 atom stereocenters. The number of carboxylic acid groups (broad SMARTS) is 1. The Bertz CT molecular complexity index is 493. The highest BCUT2D eigenvalue weighted by molar-refractivity contribution is 5.90. The van der Waals surface area contributed by atoms with Crippen LogP contribution in [-0.2, 0) is 11.2 Å². The Balaban J connectivity index is 2.50. The van der Waals surface area contributed by atoms with Crippen molar-refractivity contribution >= 4 is 11.7 Å². The van der Waals surface area contributed by atoms with Crippen LogP contribution in [0.1, 0.15) is 21.5 Å². The second-order valence-electron chi connectivity index (χ2n) is 3.96. The second-order valence-corrected chi connectivity index (χ2v) is 3.96. The molecule has 1 aliphatic heterocycles. The quantitative estimate of drug-likeness (QED) is 0.487. The maximum atomic E-state index is 11.0. The van der Waals surface area contributed by atoms with Crippen molar-refractivity contribution in [1.82, 2.24) is 0 Å². The van der Waals surface area contributed by atoms with Gasteiger partial charge in [0.1, 0.15) is 0 Å². The Kier molecular flexibility index (Phi) is 2.81. The molecule has 1 fully saturated rings. The van der Waals surface area contributed by atoms with Crippen molar-refractivity contribution < 1.29 is 19.6 Å². The van der Waals surface area contributed by atoms with Crippen LogP contribution in [0.2, 0.25) is 0 Å². The van der Waals surface area contributed by atoms with E-state index in [9.17, 15) is 14.9 Å². The van der Waals surface area contributed by atoms with E-state index in [4.69, 9.17) is 9.84 Å². The van der Waals surface area contributed by atoms with Crippen LogP contribution in [0.15, 0.2) is 12.1 Å². The van der Waals surface area contributed by atoms with Crippen LogP contribution in [0.5, 0.6) is 0 Å². The number of nitro benzene ring substituents is 1. The van der Waals surface area contributed by atoms with E-state index in [1.807, 2.05) is 0 Å². The largest absolute Gasteiger partial charge is 0.478 e. The lowest BCUT2D eigenvalue weighted by atomic mass is 9.97. The van der Waals surface area contributed by atoms with Gasteiger partial charge in [0.2, 0.25) is 0 Å². The van der Waals surface area contributed by atoms with E-state index < -0.39 is 10.9 Å². The van der Waals surface area contributed by atoms with Crippen molar-refractivity contribution in [2.45, 2.75) is 19.4 Å². The summed E-state index contributed by atoms with van der Waals surface area (Å²) in [6.45, 7) is 2.17. The molecule has 1 aromatic rings. The summed E-state index contributed by atoms with van der Waals surface area (Å²) in [6.07, 6.45) is 0.375. The van der Waals surface area contributed by atoms with Gasteiger partial charge >= 0.3 is 5.97 Å². The van der Waals surface area contributed by atoms with Crippen LogP contribution in [0.3, 0.4) is 0 Å². The summed E-state index contributed by atoms with van der Waals surface area (Å²) >= 11 is 0. The minimum Gasteiger partial charge on any atom is -0.478 e. The number of carboxylic acids is 1. The third-order valence-electron chi connectivity index (χ3n) is 2.83. The normalized spacial score (nSPS) is 17.8. The van der Waals surface area contributed by atoms with Crippen LogP contribution >= 0.6 is 0 Å². The molecule has 1 unspecified atom stereocenters. The maximum Gasteiger partial charge on any atom is 0.335 e. The molecule has 1 aliphatic rings. The van der Waals surface area contributed by atoms with Gasteiger partial charge in [0, 0.05) is 18.1 Å². The van der Waals surface area contributed by atoms with E-state index >= 15 is 0 Å². The molecule has 0 aliphatic carbocycles. The second kappa shape index (κ2) is 4.14. The molecule has 0 amide bonds. The molecule has 17 heavy (non-hydrogen) atoms. The molecule has 0 bridgehead atoms. The number of hydrogen-bond acceptors (Lipinski definition) is 4. The number of hydrogen-bond donors (Lipinski definition) is 1. The molecule has 0 radical (unpaired) electrons. The predicted octanol–water partition coefficient (Wildman–Crippen LogP) is 1.54. The van der Waals surface area contributed by atoms with Crippen molar-refractivity contribution in [3.8, 4) is 0 Å². The molecular weight excluding hydrogens is 226 g/mol. The number of ether oxygens (including phenoxy) is 1. The van der Waals surface area contributed by atoms with Crippen LogP contribution in [0, 0.1) is 17.0 Å². The van der Waals surface area contributed by atoms with E-state index in [1.165, 1.54) is 12.1 Å². The van der Waals surface area contributed by atoms with Gasteiger partial charge in [-0.05, 0) is 18.6 Å². The molecule has 1 N–H and O–H groups in total. The molecule has 6 nitrogen and oxygen atoms in total. The average molecular weight is 237 g/mol. The van der Waals surface area contributed by atoms with Gasteiger partial charge in [-0.3, -0.25) is 10.1 Å². The van der Waals surface area contributed by atoms with Gasteiger partial charge in [0.25, 0.3) is 5.69 Å². The highest BCUT2D eigenvalue weighted by Crippen LogP contribution is 2.29. The number of rotatable bonds is 4. The molecule has 1 saturated heterocycles. The Hall–Kier alpha value is -1.95. The first-order valence-electron chi connectivity index (χ1n) is 5.12. The zero-order valence-electron chi connectivity index (χ0n) is 9.17. The van der Waals surface area contributed by atoms with Gasteiger partial charge in [-0.2, -0.15) is 0 Å². The summed E-state index contributed by atoms with van der Waals surface area (Å²) in [5.41, 5.74) is 0.967. The Morgan fingerprint density at radius 3 is 2.76 bits per heavy atom. The monoisotopic (exact) mass is 237 g/mol. The Morgan fingerprint density at radius 1 is 1.65 bits per heavy atom. The third kappa shape index (κ3) is 2.26. The lowest BCUT2D eigenvalue weighted by Crippen LogP contribution is -2.08. The first-order valence-corrected chi connectivity index (χ1v) is 5.12. The molecule has 90 valence electrons. The molecule has 0 saturated carbocycles. The van der Waals surface area contributed by atoms with Crippen LogP contribution in [0.4, 0.5) is 5.69 Å². The number of carbonyl (C=O) groups is 1. The van der Waals surface area contributed by atoms with Crippen LogP contribution in [0.25, 0.3) is 0 Å². The van der Waals surface area contributed by atoms with E-state index in [0.717, 1.165) is 0 Å². The fraction of sp³-hybridized carbons (Fsp3) is 0.364. The highest BCUT2D eigenvalue weighted by Gasteiger charge is 2.29. The van der Waals surface area contributed by atoms with Crippen molar-refractivity contribution in [3.05, 3.63) is 38.9 Å². The van der Waals surface area contributed by atoms with Gasteiger partial charge in [-0.1, -0.05) is 0 Å². The minimum absolute atomic E-state index is 0.0172. The minimum atomic E-state index is -1.07. The summed E-state index contributed by atoms with van der Waals surface area (Å²) in [6, 6.07) is 2.52. The standard InChI is InChI=1S/C11H11NO5/c1-6-8(11(13)14)2-3-10(12(15)16)9(6)4-7-5-17-7/h2-3,7H,4-5H2,1H3,(H,13,14). The van der Waals surface area contributed by atoms with Crippen molar-refractivity contribution in [2.24, 2.45) is 0 Å². The zero-order valence-corrected chi connectivity index (χ0v) is 9.17. The molecule has 0 aromatic heterocycles. The van der Waals surface area contributed by atoms with Crippen molar-refractivity contribution in [1.29, 1.82) is 0 Å². The van der Waals surface area contributed by atoms with Crippen LogP contribution in [-0.4, -0.2) is 28.7 Å². The molecule has 0 spiro atoms. The predicted molar refractivity (Wildman–Crippen MR) is 58.2 cm³/mol. The summed E-state index contributed by atoms with van der Waals surface area (Å²) in [5, 5.41) is 19.8. The summed E-state index contributed by atoms with van der Waals surface area (Å²) in [7, 11) is 0. The number of nitro groups is 1. The summed E-state index contributed by atoms with van der Waals surface area (Å²) < 4.78 is 5.03. The molecule has 1 aromatic carbocycles. The van der Waals surface area contributed by atoms with Gasteiger partial charge in [0.15, 0.2) is 0 Å².